The SMILES string of the molecule is COc1ccc(CNC(=O)C[C@H]2C[C@H](C(=O)N3CCOCC3)[C@@]3(CCC4CCCC4)c4[nH]c5ccc(Cl)cc5c4CCN3C2=O)cc1OC. The third-order valence-corrected chi connectivity index (χ3v) is 11.7. The molecule has 2 saturated heterocycles. The molecule has 0 radical (unpaired) electrons. The van der Waals surface area contributed by atoms with E-state index in [4.69, 9.17) is 25.8 Å². The molecule has 262 valence electrons. The zero-order valence-electron chi connectivity index (χ0n) is 28.5. The van der Waals surface area contributed by atoms with Crippen molar-refractivity contribution < 1.29 is 28.6 Å². The lowest BCUT2D eigenvalue weighted by Crippen LogP contribution is -2.66. The van der Waals surface area contributed by atoms with E-state index >= 15 is 0 Å². The van der Waals surface area contributed by atoms with Crippen molar-refractivity contribution in [3.05, 3.63) is 58.2 Å². The summed E-state index contributed by atoms with van der Waals surface area (Å²) < 4.78 is 16.4. The van der Waals surface area contributed by atoms with E-state index in [-0.39, 0.29) is 30.7 Å². The summed E-state index contributed by atoms with van der Waals surface area (Å²) in [5, 5.41) is 4.73. The monoisotopic (exact) mass is 690 g/mol. The van der Waals surface area contributed by atoms with Crippen LogP contribution in [0.25, 0.3) is 10.9 Å². The number of rotatable bonds is 10. The van der Waals surface area contributed by atoms with Gasteiger partial charge in [-0.05, 0) is 73.1 Å². The number of nitrogens with zero attached hydrogens (tertiary/aromatic N) is 2. The van der Waals surface area contributed by atoms with Crippen molar-refractivity contribution >= 4 is 40.2 Å². The summed E-state index contributed by atoms with van der Waals surface area (Å²) >= 11 is 6.50. The zero-order chi connectivity index (χ0) is 34.1. The summed E-state index contributed by atoms with van der Waals surface area (Å²) in [4.78, 5) is 50.7. The van der Waals surface area contributed by atoms with E-state index in [1.807, 2.05) is 40.1 Å². The maximum Gasteiger partial charge on any atom is 0.228 e. The molecular formula is C38H47ClN4O6. The highest BCUT2D eigenvalue weighted by Crippen LogP contribution is 2.54. The van der Waals surface area contributed by atoms with Gasteiger partial charge >= 0.3 is 0 Å². The molecular weight excluding hydrogens is 644 g/mol. The second-order valence-electron chi connectivity index (χ2n) is 14.1. The molecule has 7 rings (SSSR count). The topological polar surface area (TPSA) is 113 Å². The van der Waals surface area contributed by atoms with Crippen molar-refractivity contribution in [1.82, 2.24) is 20.1 Å². The number of hydrogen-bond donors (Lipinski definition) is 2. The predicted octanol–water partition coefficient (Wildman–Crippen LogP) is 5.59. The number of aromatic amines is 1. The molecule has 11 heteroatoms. The molecule has 4 heterocycles. The van der Waals surface area contributed by atoms with Crippen molar-refractivity contribution in [1.29, 1.82) is 0 Å². The van der Waals surface area contributed by atoms with Crippen molar-refractivity contribution in [2.24, 2.45) is 17.8 Å². The van der Waals surface area contributed by atoms with Gasteiger partial charge in [-0.3, -0.25) is 14.4 Å². The number of amides is 3. The zero-order valence-corrected chi connectivity index (χ0v) is 29.3. The molecule has 4 aliphatic rings. The molecule has 3 amide bonds. The summed E-state index contributed by atoms with van der Waals surface area (Å²) in [6.07, 6.45) is 7.47. The van der Waals surface area contributed by atoms with Crippen molar-refractivity contribution in [3.8, 4) is 11.5 Å². The molecule has 10 nitrogen and oxygen atoms in total. The fraction of sp³-hybridized carbons (Fsp3) is 0.553. The molecule has 1 aromatic heterocycles. The van der Waals surface area contributed by atoms with Crippen molar-refractivity contribution in [2.75, 3.05) is 47.1 Å². The number of benzene rings is 2. The average molecular weight is 691 g/mol. The number of nitrogens with one attached hydrogen (secondary N) is 2. The Bertz CT molecular complexity index is 1710. The van der Waals surface area contributed by atoms with Crippen LogP contribution in [0, 0.1) is 17.8 Å². The number of fused-ring (bicyclic) bond motifs is 5. The Morgan fingerprint density at radius 2 is 1.82 bits per heavy atom. The number of methoxy groups -OCH3 is 2. The molecule has 1 saturated carbocycles. The van der Waals surface area contributed by atoms with Gasteiger partial charge in [-0.2, -0.15) is 0 Å². The molecule has 1 aliphatic carbocycles. The van der Waals surface area contributed by atoms with Crippen LogP contribution in [0.3, 0.4) is 0 Å². The quantitative estimate of drug-likeness (QED) is 0.287. The van der Waals surface area contributed by atoms with Gasteiger partial charge in [0.05, 0.1) is 38.9 Å². The summed E-state index contributed by atoms with van der Waals surface area (Å²) in [6.45, 7) is 2.81. The smallest absolute Gasteiger partial charge is 0.228 e. The van der Waals surface area contributed by atoms with E-state index in [2.05, 4.69) is 10.3 Å². The highest BCUT2D eigenvalue weighted by molar-refractivity contribution is 6.31. The lowest BCUT2D eigenvalue weighted by atomic mass is 9.64. The first-order valence-corrected chi connectivity index (χ1v) is 18.2. The highest BCUT2D eigenvalue weighted by Gasteiger charge is 2.59. The Morgan fingerprint density at radius 1 is 1.04 bits per heavy atom. The molecule has 49 heavy (non-hydrogen) atoms. The van der Waals surface area contributed by atoms with Crippen molar-refractivity contribution in [2.45, 2.75) is 69.9 Å². The molecule has 2 N–H and O–H groups in total. The lowest BCUT2D eigenvalue weighted by molar-refractivity contribution is -0.169. The van der Waals surface area contributed by atoms with Crippen LogP contribution >= 0.6 is 11.6 Å². The van der Waals surface area contributed by atoms with Crippen LogP contribution in [0.15, 0.2) is 36.4 Å². The first-order chi connectivity index (χ1) is 23.8. The Labute approximate surface area is 292 Å². The standard InChI is InChI=1S/C38H47ClN4O6/c1-47-32-10-7-25(19-33(32)48-2)23-40-34(44)21-26-20-30(37(46)42-15-17-49-18-16-42)38(13-11-24-5-3-4-6-24)35-28(12-14-43(38)36(26)45)29-22-27(39)8-9-31(29)41-35/h7-10,19,22,24,26,30,41H,3-6,11-18,20-21,23H2,1-2H3,(H,40,44)/t26-,30-,38+/m1/s1. The third-order valence-electron chi connectivity index (χ3n) is 11.5. The maximum atomic E-state index is 14.8. The number of morpholine rings is 1. The van der Waals surface area contributed by atoms with Crippen LogP contribution in [0.5, 0.6) is 11.5 Å². The van der Waals surface area contributed by atoms with Crippen LogP contribution in [0.4, 0.5) is 0 Å². The Hall–Kier alpha value is -3.76. The highest BCUT2D eigenvalue weighted by atomic mass is 35.5. The summed E-state index contributed by atoms with van der Waals surface area (Å²) in [5.74, 6) is 0.445. The Balaban J connectivity index is 1.22. The molecule has 0 bridgehead atoms. The van der Waals surface area contributed by atoms with Crippen LogP contribution in [0.2, 0.25) is 5.02 Å². The van der Waals surface area contributed by atoms with E-state index in [1.54, 1.807) is 20.3 Å². The van der Waals surface area contributed by atoms with Gasteiger partial charge in [0, 0.05) is 60.1 Å². The van der Waals surface area contributed by atoms with Gasteiger partial charge in [0.2, 0.25) is 17.7 Å². The van der Waals surface area contributed by atoms with Crippen LogP contribution in [-0.2, 0) is 37.6 Å². The summed E-state index contributed by atoms with van der Waals surface area (Å²) in [6, 6.07) is 11.4. The van der Waals surface area contributed by atoms with E-state index in [0.29, 0.717) is 74.6 Å². The average Bonchev–Trinajstić information content (AvgIpc) is 3.79. The molecule has 3 aliphatic heterocycles. The van der Waals surface area contributed by atoms with Gasteiger partial charge in [0.1, 0.15) is 0 Å². The summed E-state index contributed by atoms with van der Waals surface area (Å²) in [5.41, 5.74) is 3.12. The fourth-order valence-electron chi connectivity index (χ4n) is 9.00. The minimum atomic E-state index is -0.833. The number of carbonyl (C=O) groups excluding carboxylic acids is 3. The Morgan fingerprint density at radius 3 is 2.57 bits per heavy atom. The van der Waals surface area contributed by atoms with Gasteiger partial charge in [0.15, 0.2) is 11.5 Å². The van der Waals surface area contributed by atoms with Gasteiger partial charge < -0.3 is 34.3 Å². The van der Waals surface area contributed by atoms with E-state index < -0.39 is 17.4 Å². The second-order valence-corrected chi connectivity index (χ2v) is 14.6. The number of aromatic nitrogens is 1. The number of H-pyrrole nitrogens is 1. The van der Waals surface area contributed by atoms with Gasteiger partial charge in [0.25, 0.3) is 0 Å². The van der Waals surface area contributed by atoms with Crippen LogP contribution < -0.4 is 14.8 Å². The van der Waals surface area contributed by atoms with E-state index in [1.165, 1.54) is 25.7 Å². The molecule has 3 atom stereocenters. The molecule has 2 aromatic carbocycles. The normalized spacial score (nSPS) is 24.1. The maximum absolute atomic E-state index is 14.8. The minimum Gasteiger partial charge on any atom is -0.493 e. The first-order valence-electron chi connectivity index (χ1n) is 17.8. The molecule has 3 fully saturated rings. The molecule has 0 unspecified atom stereocenters. The number of piperidine rings is 1. The number of ether oxygens (including phenoxy) is 3. The second kappa shape index (κ2) is 14.2. The third kappa shape index (κ3) is 6.38. The lowest BCUT2D eigenvalue weighted by Gasteiger charge is -2.56. The number of hydrogen-bond acceptors (Lipinski definition) is 6. The first kappa shape index (κ1) is 33.7. The predicted molar refractivity (Wildman–Crippen MR) is 187 cm³/mol. The van der Waals surface area contributed by atoms with Crippen molar-refractivity contribution in [3.63, 3.8) is 0 Å². The van der Waals surface area contributed by atoms with Crippen LogP contribution in [0.1, 0.15) is 68.2 Å². The largest absolute Gasteiger partial charge is 0.493 e. The number of halogens is 1. The van der Waals surface area contributed by atoms with Crippen LogP contribution in [-0.4, -0.2) is 79.6 Å². The van der Waals surface area contributed by atoms with Gasteiger partial charge in [-0.25, -0.2) is 0 Å². The van der Waals surface area contributed by atoms with E-state index in [0.717, 1.165) is 34.1 Å². The van der Waals surface area contributed by atoms with Gasteiger partial charge in [-0.1, -0.05) is 43.4 Å². The van der Waals surface area contributed by atoms with E-state index in [9.17, 15) is 14.4 Å². The fourth-order valence-corrected chi connectivity index (χ4v) is 9.17. The Kier molecular flexibility index (Phi) is 9.79. The van der Waals surface area contributed by atoms with Gasteiger partial charge in [-0.15, -0.1) is 0 Å². The number of carbonyl (C=O) groups is 3. The molecule has 3 aromatic rings. The minimum absolute atomic E-state index is 0.0172. The molecule has 0 spiro atoms. The summed E-state index contributed by atoms with van der Waals surface area (Å²) in [7, 11) is 3.16.